The molecule has 8 heteroatoms. The molecule has 0 aliphatic carbocycles. The van der Waals surface area contributed by atoms with Crippen LogP contribution >= 0.6 is 11.3 Å². The molecule has 0 saturated heterocycles. The van der Waals surface area contributed by atoms with Crippen LogP contribution in [0.4, 0.5) is 10.1 Å². The van der Waals surface area contributed by atoms with Gasteiger partial charge < -0.3 is 5.11 Å². The van der Waals surface area contributed by atoms with Crippen molar-refractivity contribution in [3.8, 4) is 0 Å². The summed E-state index contributed by atoms with van der Waals surface area (Å²) in [6.07, 6.45) is 0. The van der Waals surface area contributed by atoms with E-state index in [-0.39, 0.29) is 15.5 Å². The second kappa shape index (κ2) is 5.45. The fraction of sp³-hybridized carbons (Fsp3) is 0.154. The minimum absolute atomic E-state index is 0.230. The molecule has 0 saturated carbocycles. The van der Waals surface area contributed by atoms with Crippen LogP contribution in [0.3, 0.4) is 0 Å². The maximum Gasteiger partial charge on any atom is 0.347 e. The lowest BCUT2D eigenvalue weighted by Crippen LogP contribution is -2.28. The van der Waals surface area contributed by atoms with Crippen LogP contribution in [0.25, 0.3) is 0 Å². The Labute approximate surface area is 125 Å². The van der Waals surface area contributed by atoms with E-state index in [1.54, 1.807) is 0 Å². The van der Waals surface area contributed by atoms with E-state index in [1.165, 1.54) is 31.5 Å². The molecule has 0 amide bonds. The van der Waals surface area contributed by atoms with E-state index in [0.717, 1.165) is 27.8 Å². The van der Waals surface area contributed by atoms with Crippen molar-refractivity contribution in [1.82, 2.24) is 0 Å². The Morgan fingerprint density at radius 3 is 2.38 bits per heavy atom. The number of halogens is 1. The summed E-state index contributed by atoms with van der Waals surface area (Å²) in [4.78, 5) is 10.7. The fourth-order valence-electron chi connectivity index (χ4n) is 1.83. The summed E-state index contributed by atoms with van der Waals surface area (Å²) in [5.74, 6) is -1.78. The average molecular weight is 329 g/mol. The second-order valence-electron chi connectivity index (χ2n) is 4.33. The molecule has 1 heterocycles. The van der Waals surface area contributed by atoms with E-state index >= 15 is 0 Å². The highest BCUT2D eigenvalue weighted by molar-refractivity contribution is 7.93. The molecule has 0 atom stereocenters. The van der Waals surface area contributed by atoms with Crippen molar-refractivity contribution in [2.75, 3.05) is 11.4 Å². The Kier molecular flexibility index (Phi) is 4.02. The fourth-order valence-corrected chi connectivity index (χ4v) is 4.60. The zero-order chi connectivity index (χ0) is 15.8. The van der Waals surface area contributed by atoms with Gasteiger partial charge in [0.25, 0.3) is 10.0 Å². The Morgan fingerprint density at radius 2 is 1.86 bits per heavy atom. The van der Waals surface area contributed by atoms with Gasteiger partial charge in [0.05, 0.1) is 5.69 Å². The third-order valence-electron chi connectivity index (χ3n) is 2.92. The highest BCUT2D eigenvalue weighted by Crippen LogP contribution is 2.31. The number of aryl methyl sites for hydroxylation is 1. The molecule has 1 aromatic carbocycles. The molecule has 112 valence electrons. The van der Waals surface area contributed by atoms with Gasteiger partial charge in [-0.25, -0.2) is 17.6 Å². The van der Waals surface area contributed by atoms with Crippen molar-refractivity contribution in [3.63, 3.8) is 0 Å². The Morgan fingerprint density at radius 1 is 1.29 bits per heavy atom. The molecule has 2 rings (SSSR count). The summed E-state index contributed by atoms with van der Waals surface area (Å²) >= 11 is 0.861. The molecule has 21 heavy (non-hydrogen) atoms. The lowest BCUT2D eigenvalue weighted by molar-refractivity contribution is 0.0698. The third-order valence-corrected chi connectivity index (χ3v) is 6.11. The molecule has 0 bridgehead atoms. The molecule has 1 N–H and O–H groups in total. The number of carboxylic acids is 1. The summed E-state index contributed by atoms with van der Waals surface area (Å²) in [5.41, 5.74) is 0.615. The van der Waals surface area contributed by atoms with Crippen LogP contribution in [0.15, 0.2) is 34.5 Å². The molecule has 0 aliphatic heterocycles. The summed E-state index contributed by atoms with van der Waals surface area (Å²) in [6.45, 7) is 1.54. The molecular formula is C13H12FNO4S2. The van der Waals surface area contributed by atoms with Crippen molar-refractivity contribution in [1.29, 1.82) is 0 Å². The highest BCUT2D eigenvalue weighted by atomic mass is 32.2. The first-order valence-corrected chi connectivity index (χ1v) is 8.13. The van der Waals surface area contributed by atoms with E-state index < -0.39 is 21.8 Å². The summed E-state index contributed by atoms with van der Waals surface area (Å²) in [6, 6.07) is 4.91. The zero-order valence-electron chi connectivity index (χ0n) is 11.2. The first-order chi connectivity index (χ1) is 9.75. The summed E-state index contributed by atoms with van der Waals surface area (Å²) in [5, 5.41) is 10.6. The minimum Gasteiger partial charge on any atom is -0.477 e. The van der Waals surface area contributed by atoms with Gasteiger partial charge in [-0.05, 0) is 42.1 Å². The number of carboxylic acid groups (broad SMARTS) is 1. The minimum atomic E-state index is -4.03. The number of sulfonamides is 1. The first kappa shape index (κ1) is 15.5. The van der Waals surface area contributed by atoms with Crippen LogP contribution in [0.1, 0.15) is 15.2 Å². The molecule has 0 fully saturated rings. The van der Waals surface area contributed by atoms with Gasteiger partial charge >= 0.3 is 5.97 Å². The lowest BCUT2D eigenvalue weighted by atomic mass is 10.3. The predicted octanol–water partition coefficient (Wildman–Crippen LogP) is 2.72. The van der Waals surface area contributed by atoms with Gasteiger partial charge in [-0.15, -0.1) is 11.3 Å². The summed E-state index contributed by atoms with van der Waals surface area (Å²) < 4.78 is 39.0. The number of hydrogen-bond donors (Lipinski definition) is 1. The molecule has 0 unspecified atom stereocenters. The number of rotatable bonds is 4. The molecule has 1 aromatic heterocycles. The Balaban J connectivity index is 2.54. The van der Waals surface area contributed by atoms with Gasteiger partial charge in [-0.2, -0.15) is 0 Å². The van der Waals surface area contributed by atoms with Crippen molar-refractivity contribution in [2.45, 2.75) is 11.8 Å². The Bertz CT molecular complexity index is 781. The molecular weight excluding hydrogens is 317 g/mol. The van der Waals surface area contributed by atoms with E-state index in [9.17, 15) is 17.6 Å². The van der Waals surface area contributed by atoms with Crippen LogP contribution in [0.2, 0.25) is 0 Å². The number of hydrogen-bond acceptors (Lipinski definition) is 4. The number of benzene rings is 1. The number of nitrogens with zero attached hydrogens (tertiary/aromatic N) is 1. The number of thiophene rings is 1. The van der Waals surface area contributed by atoms with E-state index in [0.29, 0.717) is 5.56 Å². The van der Waals surface area contributed by atoms with Gasteiger partial charge in [0.15, 0.2) is 0 Å². The van der Waals surface area contributed by atoms with Crippen LogP contribution in [-0.4, -0.2) is 26.5 Å². The van der Waals surface area contributed by atoms with Crippen LogP contribution in [0, 0.1) is 12.7 Å². The van der Waals surface area contributed by atoms with Crippen LogP contribution < -0.4 is 4.31 Å². The van der Waals surface area contributed by atoms with Crippen molar-refractivity contribution in [3.05, 3.63) is 45.9 Å². The number of carbonyl (C=O) groups is 1. The molecule has 5 nitrogen and oxygen atoms in total. The first-order valence-electron chi connectivity index (χ1n) is 5.81. The van der Waals surface area contributed by atoms with Gasteiger partial charge in [-0.1, -0.05) is 0 Å². The number of aromatic carboxylic acids is 1. The average Bonchev–Trinajstić information content (AvgIpc) is 2.81. The zero-order valence-corrected chi connectivity index (χ0v) is 12.8. The monoisotopic (exact) mass is 329 g/mol. The topological polar surface area (TPSA) is 74.7 Å². The lowest BCUT2D eigenvalue weighted by Gasteiger charge is -2.20. The third kappa shape index (κ3) is 2.77. The van der Waals surface area contributed by atoms with Crippen molar-refractivity contribution >= 4 is 33.0 Å². The maximum absolute atomic E-state index is 12.9. The molecule has 0 radical (unpaired) electrons. The quantitative estimate of drug-likeness (QED) is 0.936. The van der Waals surface area contributed by atoms with Crippen LogP contribution in [-0.2, 0) is 10.0 Å². The highest BCUT2D eigenvalue weighted by Gasteiger charge is 2.30. The van der Waals surface area contributed by atoms with Gasteiger partial charge in [0, 0.05) is 7.05 Å². The summed E-state index contributed by atoms with van der Waals surface area (Å²) in [7, 11) is -2.73. The molecule has 0 aliphatic rings. The molecule has 2 aromatic rings. The van der Waals surface area contributed by atoms with Gasteiger partial charge in [-0.3, -0.25) is 4.31 Å². The smallest absolute Gasteiger partial charge is 0.347 e. The normalized spacial score (nSPS) is 11.4. The Hall–Kier alpha value is -1.93. The maximum atomic E-state index is 12.9. The SMILES string of the molecule is Cc1csc(C(=O)O)c1S(=O)(=O)N(C)c1ccc(F)cc1. The van der Waals surface area contributed by atoms with E-state index in [1.807, 2.05) is 0 Å². The molecule has 0 spiro atoms. The van der Waals surface area contributed by atoms with E-state index in [4.69, 9.17) is 5.11 Å². The van der Waals surface area contributed by atoms with Crippen LogP contribution in [0.5, 0.6) is 0 Å². The van der Waals surface area contributed by atoms with Crippen molar-refractivity contribution < 1.29 is 22.7 Å². The van der Waals surface area contributed by atoms with E-state index in [2.05, 4.69) is 0 Å². The van der Waals surface area contributed by atoms with Gasteiger partial charge in [0.2, 0.25) is 0 Å². The second-order valence-corrected chi connectivity index (χ2v) is 7.12. The van der Waals surface area contributed by atoms with Gasteiger partial charge in [0.1, 0.15) is 15.6 Å². The largest absolute Gasteiger partial charge is 0.477 e. The standard InChI is InChI=1S/C13H12FNO4S2/c1-8-7-20-11(13(16)17)12(8)21(18,19)15(2)10-5-3-9(14)4-6-10/h3-7H,1-2H3,(H,16,17). The van der Waals surface area contributed by atoms with Crippen molar-refractivity contribution in [2.24, 2.45) is 0 Å². The predicted molar refractivity (Wildman–Crippen MR) is 78.0 cm³/mol. The number of anilines is 1.